The minimum Gasteiger partial charge on any atom is -0.357 e. The summed E-state index contributed by atoms with van der Waals surface area (Å²) >= 11 is 0. The summed E-state index contributed by atoms with van der Waals surface area (Å²) in [5.74, 6) is 0.603. The standard InChI is InChI=1S/C19H32N4O.HI/c1-6-15-9-11-16(12-10-15)19(4,5)14-23-18(21-8-3)22-13-17(24)20-7-2;/h9-12H,6-8,13-14H2,1-5H3,(H,20,24)(H2,21,22,23);1H. The van der Waals surface area contributed by atoms with Crippen LogP contribution in [0.25, 0.3) is 0 Å². The van der Waals surface area contributed by atoms with Crippen LogP contribution in [0.1, 0.15) is 45.7 Å². The molecule has 0 aliphatic carbocycles. The molecule has 0 aromatic heterocycles. The predicted molar refractivity (Wildman–Crippen MR) is 117 cm³/mol. The van der Waals surface area contributed by atoms with Crippen molar-refractivity contribution in [1.29, 1.82) is 0 Å². The number of halogens is 1. The number of guanidine groups is 1. The molecule has 0 saturated heterocycles. The second-order valence-electron chi connectivity index (χ2n) is 6.44. The van der Waals surface area contributed by atoms with E-state index in [0.29, 0.717) is 12.5 Å². The third-order valence-corrected chi connectivity index (χ3v) is 3.94. The molecule has 0 aliphatic rings. The van der Waals surface area contributed by atoms with Gasteiger partial charge in [-0.05, 0) is 31.4 Å². The van der Waals surface area contributed by atoms with Gasteiger partial charge in [0.2, 0.25) is 5.91 Å². The highest BCUT2D eigenvalue weighted by Gasteiger charge is 2.20. The first-order chi connectivity index (χ1) is 11.4. The second kappa shape index (κ2) is 12.1. The fourth-order valence-electron chi connectivity index (χ4n) is 2.34. The van der Waals surface area contributed by atoms with Gasteiger partial charge in [-0.15, -0.1) is 24.0 Å². The smallest absolute Gasteiger partial charge is 0.241 e. The highest BCUT2D eigenvalue weighted by molar-refractivity contribution is 14.0. The van der Waals surface area contributed by atoms with Crippen LogP contribution >= 0.6 is 24.0 Å². The monoisotopic (exact) mass is 460 g/mol. The van der Waals surface area contributed by atoms with Crippen molar-refractivity contribution in [2.24, 2.45) is 4.99 Å². The Hall–Kier alpha value is -1.31. The maximum absolute atomic E-state index is 11.6. The van der Waals surface area contributed by atoms with Crippen molar-refractivity contribution in [2.45, 2.75) is 46.5 Å². The minimum atomic E-state index is -0.0656. The van der Waals surface area contributed by atoms with E-state index in [2.05, 4.69) is 66.0 Å². The predicted octanol–water partition coefficient (Wildman–Crippen LogP) is 2.84. The molecule has 5 nitrogen and oxygen atoms in total. The molecule has 0 spiro atoms. The lowest BCUT2D eigenvalue weighted by Crippen LogP contribution is -2.44. The molecule has 3 N–H and O–H groups in total. The Morgan fingerprint density at radius 3 is 2.12 bits per heavy atom. The summed E-state index contributed by atoms with van der Waals surface area (Å²) in [4.78, 5) is 15.9. The quantitative estimate of drug-likeness (QED) is 0.318. The third kappa shape index (κ3) is 8.56. The van der Waals surface area contributed by atoms with Gasteiger partial charge in [-0.2, -0.15) is 0 Å². The Labute approximate surface area is 169 Å². The Morgan fingerprint density at radius 2 is 1.60 bits per heavy atom. The molecule has 0 unspecified atom stereocenters. The first kappa shape index (κ1) is 23.7. The lowest BCUT2D eigenvalue weighted by atomic mass is 9.84. The van der Waals surface area contributed by atoms with E-state index in [0.717, 1.165) is 19.5 Å². The van der Waals surface area contributed by atoms with E-state index in [-0.39, 0.29) is 41.8 Å². The highest BCUT2D eigenvalue weighted by Crippen LogP contribution is 2.22. The Balaban J connectivity index is 0.00000576. The van der Waals surface area contributed by atoms with Crippen LogP contribution in [0.5, 0.6) is 0 Å². The molecular formula is C19H33IN4O. The summed E-state index contributed by atoms with van der Waals surface area (Å²) < 4.78 is 0. The Kier molecular flexibility index (Phi) is 11.5. The molecule has 0 heterocycles. The number of benzene rings is 1. The van der Waals surface area contributed by atoms with Crippen molar-refractivity contribution in [2.75, 3.05) is 26.2 Å². The largest absolute Gasteiger partial charge is 0.357 e. The van der Waals surface area contributed by atoms with Crippen LogP contribution in [0.4, 0.5) is 0 Å². The number of carbonyl (C=O) groups is 1. The van der Waals surface area contributed by atoms with Crippen molar-refractivity contribution >= 4 is 35.8 Å². The fourth-order valence-corrected chi connectivity index (χ4v) is 2.34. The van der Waals surface area contributed by atoms with Gasteiger partial charge in [0.25, 0.3) is 0 Å². The number of aliphatic imine (C=N–C) groups is 1. The van der Waals surface area contributed by atoms with E-state index < -0.39 is 0 Å². The van der Waals surface area contributed by atoms with E-state index in [1.807, 2.05) is 13.8 Å². The molecule has 1 amide bonds. The summed E-state index contributed by atoms with van der Waals surface area (Å²) in [6.45, 7) is 12.7. The van der Waals surface area contributed by atoms with E-state index in [4.69, 9.17) is 0 Å². The van der Waals surface area contributed by atoms with Crippen LogP contribution in [0, 0.1) is 0 Å². The number of hydrogen-bond donors (Lipinski definition) is 3. The van der Waals surface area contributed by atoms with Gasteiger partial charge >= 0.3 is 0 Å². The van der Waals surface area contributed by atoms with Crippen LogP contribution in [0.3, 0.4) is 0 Å². The molecule has 1 aromatic rings. The highest BCUT2D eigenvalue weighted by atomic mass is 127. The average molecular weight is 460 g/mol. The molecule has 0 radical (unpaired) electrons. The number of carbonyl (C=O) groups excluding carboxylic acids is 1. The first-order valence-corrected chi connectivity index (χ1v) is 8.81. The van der Waals surface area contributed by atoms with E-state index in [1.165, 1.54) is 11.1 Å². The second-order valence-corrected chi connectivity index (χ2v) is 6.44. The van der Waals surface area contributed by atoms with Gasteiger partial charge in [0, 0.05) is 25.0 Å². The molecule has 1 aromatic carbocycles. The van der Waals surface area contributed by atoms with Gasteiger partial charge in [0.15, 0.2) is 5.96 Å². The normalized spacial score (nSPS) is 11.5. The Morgan fingerprint density at radius 1 is 1.00 bits per heavy atom. The SMILES string of the molecule is CCNC(=O)CN=C(NCC)NCC(C)(C)c1ccc(CC)cc1.I. The average Bonchev–Trinajstić information content (AvgIpc) is 2.57. The van der Waals surface area contributed by atoms with Gasteiger partial charge in [-0.25, -0.2) is 4.99 Å². The van der Waals surface area contributed by atoms with Crippen molar-refractivity contribution in [3.8, 4) is 0 Å². The van der Waals surface area contributed by atoms with Crippen molar-refractivity contribution in [1.82, 2.24) is 16.0 Å². The van der Waals surface area contributed by atoms with Crippen LogP contribution in [-0.4, -0.2) is 38.0 Å². The zero-order valence-corrected chi connectivity index (χ0v) is 18.4. The van der Waals surface area contributed by atoms with Gasteiger partial charge < -0.3 is 16.0 Å². The molecule has 1 rings (SSSR count). The molecule has 25 heavy (non-hydrogen) atoms. The summed E-state index contributed by atoms with van der Waals surface area (Å²) in [5.41, 5.74) is 2.60. The van der Waals surface area contributed by atoms with E-state index in [9.17, 15) is 4.79 Å². The van der Waals surface area contributed by atoms with E-state index in [1.54, 1.807) is 0 Å². The number of nitrogens with one attached hydrogen (secondary N) is 3. The summed E-state index contributed by atoms with van der Waals surface area (Å²) in [6.07, 6.45) is 1.05. The number of rotatable bonds is 8. The maximum Gasteiger partial charge on any atom is 0.241 e. The summed E-state index contributed by atoms with van der Waals surface area (Å²) in [6, 6.07) is 8.76. The number of nitrogens with zero attached hydrogens (tertiary/aromatic N) is 1. The maximum atomic E-state index is 11.6. The lowest BCUT2D eigenvalue weighted by Gasteiger charge is -2.27. The molecule has 0 atom stereocenters. The van der Waals surface area contributed by atoms with Gasteiger partial charge in [-0.1, -0.05) is 45.0 Å². The van der Waals surface area contributed by atoms with Gasteiger partial charge in [0.05, 0.1) is 0 Å². The first-order valence-electron chi connectivity index (χ1n) is 8.81. The molecule has 6 heteroatoms. The number of aryl methyl sites for hydroxylation is 1. The zero-order chi connectivity index (χ0) is 18.0. The van der Waals surface area contributed by atoms with Gasteiger partial charge in [-0.3, -0.25) is 4.79 Å². The molecular weight excluding hydrogens is 427 g/mol. The van der Waals surface area contributed by atoms with Crippen LogP contribution < -0.4 is 16.0 Å². The summed E-state index contributed by atoms with van der Waals surface area (Å²) in [5, 5.41) is 9.28. The third-order valence-electron chi connectivity index (χ3n) is 3.94. The number of amides is 1. The number of hydrogen-bond acceptors (Lipinski definition) is 2. The topological polar surface area (TPSA) is 65.5 Å². The molecule has 0 saturated carbocycles. The molecule has 142 valence electrons. The van der Waals surface area contributed by atoms with Crippen molar-refractivity contribution in [3.05, 3.63) is 35.4 Å². The van der Waals surface area contributed by atoms with Gasteiger partial charge in [0.1, 0.15) is 6.54 Å². The van der Waals surface area contributed by atoms with Crippen LogP contribution in [0.2, 0.25) is 0 Å². The zero-order valence-electron chi connectivity index (χ0n) is 16.1. The molecule has 0 fully saturated rings. The lowest BCUT2D eigenvalue weighted by molar-refractivity contribution is -0.119. The van der Waals surface area contributed by atoms with Crippen molar-refractivity contribution < 1.29 is 4.79 Å². The fraction of sp³-hybridized carbons (Fsp3) is 0.579. The van der Waals surface area contributed by atoms with Crippen molar-refractivity contribution in [3.63, 3.8) is 0 Å². The number of likely N-dealkylation sites (N-methyl/N-ethyl adjacent to an activating group) is 1. The minimum absolute atomic E-state index is 0. The summed E-state index contributed by atoms with van der Waals surface area (Å²) in [7, 11) is 0. The van der Waals surface area contributed by atoms with E-state index >= 15 is 0 Å². The Bertz CT molecular complexity index is 541. The van der Waals surface area contributed by atoms with Crippen LogP contribution in [0.15, 0.2) is 29.3 Å². The van der Waals surface area contributed by atoms with Crippen LogP contribution in [-0.2, 0) is 16.6 Å². The molecule has 0 aliphatic heterocycles. The molecule has 0 bridgehead atoms.